The molecule has 0 spiro atoms. The lowest BCUT2D eigenvalue weighted by molar-refractivity contribution is -0.140. The van der Waals surface area contributed by atoms with Crippen molar-refractivity contribution in [3.63, 3.8) is 0 Å². The summed E-state index contributed by atoms with van der Waals surface area (Å²) in [5.41, 5.74) is 0. The molecule has 1 fully saturated rings. The van der Waals surface area contributed by atoms with Crippen molar-refractivity contribution in [3.8, 4) is 0 Å². The maximum atomic E-state index is 11.4. The monoisotopic (exact) mass is 228 g/mol. The fourth-order valence-corrected chi connectivity index (χ4v) is 1.82. The number of carbonyl (C=O) groups is 2. The first-order chi connectivity index (χ1) is 7.59. The minimum atomic E-state index is -0.891. The number of amides is 2. The van der Waals surface area contributed by atoms with Crippen LogP contribution in [0.3, 0.4) is 0 Å². The lowest BCUT2D eigenvalue weighted by Crippen LogP contribution is -2.44. The van der Waals surface area contributed by atoms with Crippen molar-refractivity contribution in [1.82, 2.24) is 10.6 Å². The number of hydrogen-bond acceptors (Lipinski definition) is 2. The Morgan fingerprint density at radius 1 is 1.31 bits per heavy atom. The van der Waals surface area contributed by atoms with E-state index in [1.807, 2.05) is 0 Å². The number of rotatable bonds is 4. The molecule has 1 saturated carbocycles. The van der Waals surface area contributed by atoms with Crippen molar-refractivity contribution in [2.45, 2.75) is 45.1 Å². The molecule has 1 aliphatic rings. The summed E-state index contributed by atoms with van der Waals surface area (Å²) < 4.78 is 0. The Labute approximate surface area is 95.6 Å². The van der Waals surface area contributed by atoms with Gasteiger partial charge >= 0.3 is 12.0 Å². The molecule has 1 unspecified atom stereocenters. The molecule has 1 rings (SSSR count). The molecule has 0 aromatic heterocycles. The van der Waals surface area contributed by atoms with Crippen LogP contribution in [0.2, 0.25) is 0 Å². The highest BCUT2D eigenvalue weighted by molar-refractivity contribution is 5.75. The Morgan fingerprint density at radius 3 is 2.50 bits per heavy atom. The van der Waals surface area contributed by atoms with Crippen LogP contribution in [0.1, 0.15) is 39.0 Å². The standard InChI is InChI=1S/C11H20N2O3/c1-8(10(14)15)7-12-11(16)13-9-5-3-2-4-6-9/h8-9H,2-7H2,1H3,(H,14,15)(H2,12,13,16). The van der Waals surface area contributed by atoms with E-state index >= 15 is 0 Å². The van der Waals surface area contributed by atoms with Gasteiger partial charge in [-0.15, -0.1) is 0 Å². The zero-order valence-electron chi connectivity index (χ0n) is 9.66. The summed E-state index contributed by atoms with van der Waals surface area (Å²) in [5.74, 6) is -1.44. The van der Waals surface area contributed by atoms with Crippen molar-refractivity contribution in [3.05, 3.63) is 0 Å². The van der Waals surface area contributed by atoms with E-state index in [-0.39, 0.29) is 18.6 Å². The minimum absolute atomic E-state index is 0.174. The van der Waals surface area contributed by atoms with Crippen LogP contribution < -0.4 is 10.6 Å². The molecular weight excluding hydrogens is 208 g/mol. The zero-order valence-corrected chi connectivity index (χ0v) is 9.66. The summed E-state index contributed by atoms with van der Waals surface area (Å²) in [6, 6.07) is 0.00823. The molecule has 0 aromatic rings. The number of carbonyl (C=O) groups excluding carboxylic acids is 1. The third-order valence-corrected chi connectivity index (χ3v) is 2.93. The van der Waals surface area contributed by atoms with Crippen molar-refractivity contribution >= 4 is 12.0 Å². The number of nitrogens with one attached hydrogen (secondary N) is 2. The Kier molecular flexibility index (Phi) is 5.08. The summed E-state index contributed by atoms with van der Waals surface area (Å²) in [6.07, 6.45) is 5.63. The number of aliphatic carboxylic acids is 1. The lowest BCUT2D eigenvalue weighted by atomic mass is 9.96. The van der Waals surface area contributed by atoms with Gasteiger partial charge in [-0.3, -0.25) is 4.79 Å². The molecule has 2 amide bonds. The van der Waals surface area contributed by atoms with E-state index < -0.39 is 11.9 Å². The molecule has 0 aromatic carbocycles. The maximum absolute atomic E-state index is 11.4. The topological polar surface area (TPSA) is 78.4 Å². The predicted octanol–water partition coefficient (Wildman–Crippen LogP) is 1.34. The van der Waals surface area contributed by atoms with Crippen molar-refractivity contribution in [1.29, 1.82) is 0 Å². The van der Waals surface area contributed by atoms with E-state index in [0.29, 0.717) is 0 Å². The van der Waals surface area contributed by atoms with Gasteiger partial charge in [0.1, 0.15) is 0 Å². The molecule has 0 radical (unpaired) electrons. The molecule has 0 saturated heterocycles. The Bertz CT molecular complexity index is 250. The van der Waals surface area contributed by atoms with Gasteiger partial charge in [-0.2, -0.15) is 0 Å². The van der Waals surface area contributed by atoms with Gasteiger partial charge in [0.25, 0.3) is 0 Å². The lowest BCUT2D eigenvalue weighted by Gasteiger charge is -2.23. The van der Waals surface area contributed by atoms with Crippen LogP contribution in [0.4, 0.5) is 4.79 Å². The van der Waals surface area contributed by atoms with Crippen LogP contribution in [0.15, 0.2) is 0 Å². The van der Waals surface area contributed by atoms with E-state index in [0.717, 1.165) is 25.7 Å². The predicted molar refractivity (Wildman–Crippen MR) is 60.2 cm³/mol. The Hall–Kier alpha value is -1.26. The van der Waals surface area contributed by atoms with Crippen molar-refractivity contribution in [2.75, 3.05) is 6.54 Å². The van der Waals surface area contributed by atoms with E-state index in [2.05, 4.69) is 10.6 Å². The smallest absolute Gasteiger partial charge is 0.315 e. The molecule has 16 heavy (non-hydrogen) atoms. The van der Waals surface area contributed by atoms with Crippen LogP contribution in [-0.4, -0.2) is 29.7 Å². The molecule has 3 N–H and O–H groups in total. The summed E-state index contributed by atoms with van der Waals surface area (Å²) >= 11 is 0. The number of carboxylic acids is 1. The summed E-state index contributed by atoms with van der Waals surface area (Å²) in [4.78, 5) is 22.0. The van der Waals surface area contributed by atoms with Gasteiger partial charge in [0, 0.05) is 12.6 Å². The van der Waals surface area contributed by atoms with Crippen LogP contribution in [0.5, 0.6) is 0 Å². The van der Waals surface area contributed by atoms with Crippen molar-refractivity contribution in [2.24, 2.45) is 5.92 Å². The second-order valence-corrected chi connectivity index (χ2v) is 4.43. The van der Waals surface area contributed by atoms with Gasteiger partial charge in [-0.25, -0.2) is 4.79 Å². The third-order valence-electron chi connectivity index (χ3n) is 2.93. The first kappa shape index (κ1) is 12.8. The minimum Gasteiger partial charge on any atom is -0.481 e. The Morgan fingerprint density at radius 2 is 1.94 bits per heavy atom. The molecule has 5 heteroatoms. The quantitative estimate of drug-likeness (QED) is 0.679. The van der Waals surface area contributed by atoms with E-state index in [4.69, 9.17) is 5.11 Å². The average molecular weight is 228 g/mol. The average Bonchev–Trinajstić information content (AvgIpc) is 2.27. The fraction of sp³-hybridized carbons (Fsp3) is 0.818. The van der Waals surface area contributed by atoms with E-state index in [9.17, 15) is 9.59 Å². The highest BCUT2D eigenvalue weighted by atomic mass is 16.4. The van der Waals surface area contributed by atoms with Gasteiger partial charge in [-0.1, -0.05) is 26.2 Å². The summed E-state index contributed by atoms with van der Waals surface area (Å²) in [7, 11) is 0. The van der Waals surface area contributed by atoms with Gasteiger partial charge in [0.05, 0.1) is 5.92 Å². The molecular formula is C11H20N2O3. The van der Waals surface area contributed by atoms with Crippen molar-refractivity contribution < 1.29 is 14.7 Å². The summed E-state index contributed by atoms with van der Waals surface area (Å²) in [5, 5.41) is 14.1. The molecule has 92 valence electrons. The molecule has 0 heterocycles. The van der Waals surface area contributed by atoms with Gasteiger partial charge in [-0.05, 0) is 12.8 Å². The fourth-order valence-electron chi connectivity index (χ4n) is 1.82. The van der Waals surface area contributed by atoms with Crippen LogP contribution >= 0.6 is 0 Å². The molecule has 5 nitrogen and oxygen atoms in total. The second kappa shape index (κ2) is 6.35. The highest BCUT2D eigenvalue weighted by Gasteiger charge is 2.16. The van der Waals surface area contributed by atoms with Gasteiger partial charge < -0.3 is 15.7 Å². The van der Waals surface area contributed by atoms with Gasteiger partial charge in [0.15, 0.2) is 0 Å². The van der Waals surface area contributed by atoms with Gasteiger partial charge in [0.2, 0.25) is 0 Å². The van der Waals surface area contributed by atoms with Crippen LogP contribution in [0.25, 0.3) is 0 Å². The largest absolute Gasteiger partial charge is 0.481 e. The molecule has 1 atom stereocenters. The maximum Gasteiger partial charge on any atom is 0.315 e. The molecule has 0 aliphatic heterocycles. The van der Waals surface area contributed by atoms with Crippen LogP contribution in [-0.2, 0) is 4.79 Å². The highest BCUT2D eigenvalue weighted by Crippen LogP contribution is 2.17. The van der Waals surface area contributed by atoms with E-state index in [1.165, 1.54) is 6.42 Å². The number of hydrogen-bond donors (Lipinski definition) is 3. The third kappa shape index (κ3) is 4.51. The Balaban J connectivity index is 2.17. The SMILES string of the molecule is CC(CNC(=O)NC1CCCCC1)C(=O)O. The molecule has 0 bridgehead atoms. The normalized spacial score (nSPS) is 18.8. The first-order valence-corrected chi connectivity index (χ1v) is 5.86. The zero-order chi connectivity index (χ0) is 12.0. The van der Waals surface area contributed by atoms with Crippen LogP contribution in [0, 0.1) is 5.92 Å². The second-order valence-electron chi connectivity index (χ2n) is 4.43. The summed E-state index contributed by atoms with van der Waals surface area (Å²) in [6.45, 7) is 1.75. The van der Waals surface area contributed by atoms with E-state index in [1.54, 1.807) is 6.92 Å². The number of carboxylic acid groups (broad SMARTS) is 1. The molecule has 1 aliphatic carbocycles. The number of urea groups is 1. The first-order valence-electron chi connectivity index (χ1n) is 5.86.